The zero-order valence-corrected chi connectivity index (χ0v) is 19.3. The summed E-state index contributed by atoms with van der Waals surface area (Å²) in [7, 11) is 0. The first-order chi connectivity index (χ1) is 14.6. The molecule has 3 nitrogen and oxygen atoms in total. The Labute approximate surface area is 186 Å². The number of anilines is 1. The van der Waals surface area contributed by atoms with Gasteiger partial charge in [-0.1, -0.05) is 49.6 Å². The van der Waals surface area contributed by atoms with Crippen LogP contribution in [0, 0.1) is 13.8 Å². The highest BCUT2D eigenvalue weighted by Gasteiger charge is 2.25. The number of rotatable bonds is 5. The van der Waals surface area contributed by atoms with Crippen molar-refractivity contribution in [3.05, 3.63) is 65.4 Å². The van der Waals surface area contributed by atoms with Crippen molar-refractivity contribution in [2.45, 2.75) is 72.0 Å². The highest BCUT2D eigenvalue weighted by Crippen LogP contribution is 2.29. The zero-order chi connectivity index (χ0) is 21.1. The number of fused-ring (bicyclic) bond motifs is 1. The lowest BCUT2D eigenvalue weighted by Crippen LogP contribution is -2.43. The fraction of sp³-hybridized carbons (Fsp3) is 0.423. The van der Waals surface area contributed by atoms with Crippen molar-refractivity contribution in [3.8, 4) is 0 Å². The molecule has 0 aliphatic heterocycles. The second-order valence-electron chi connectivity index (χ2n) is 8.63. The molecule has 1 aliphatic rings. The number of aromatic nitrogens is 1. The van der Waals surface area contributed by atoms with Crippen LogP contribution in [0.2, 0.25) is 0 Å². The number of nitrogens with zero attached hydrogens (tertiary/aromatic N) is 2. The topological polar surface area (TPSA) is 20.2 Å². The van der Waals surface area contributed by atoms with Gasteiger partial charge in [0.1, 0.15) is 0 Å². The van der Waals surface area contributed by atoms with Crippen LogP contribution in [0.3, 0.4) is 0 Å². The van der Waals surface area contributed by atoms with E-state index >= 15 is 0 Å². The third-order valence-corrected chi connectivity index (χ3v) is 6.80. The van der Waals surface area contributed by atoms with Crippen LogP contribution >= 0.6 is 12.2 Å². The first kappa shape index (κ1) is 20.9. The molecule has 1 aliphatic carbocycles. The average molecular weight is 420 g/mol. The summed E-state index contributed by atoms with van der Waals surface area (Å²) in [6.07, 6.45) is 8.70. The lowest BCUT2D eigenvalue weighted by Gasteiger charge is -2.36. The van der Waals surface area contributed by atoms with Crippen LogP contribution < -0.4 is 5.32 Å². The summed E-state index contributed by atoms with van der Waals surface area (Å²) in [5.41, 5.74) is 6.28. The van der Waals surface area contributed by atoms with Crippen LogP contribution in [-0.4, -0.2) is 20.6 Å². The van der Waals surface area contributed by atoms with Crippen molar-refractivity contribution in [2.75, 3.05) is 5.32 Å². The number of thiocarbonyl (C=S) groups is 1. The van der Waals surface area contributed by atoms with E-state index in [4.69, 9.17) is 12.2 Å². The molecular formula is C26H33N3S. The predicted octanol–water partition coefficient (Wildman–Crippen LogP) is 6.81. The molecular weight excluding hydrogens is 386 g/mol. The lowest BCUT2D eigenvalue weighted by atomic mass is 9.94. The molecule has 30 heavy (non-hydrogen) atoms. The molecule has 3 aromatic rings. The van der Waals surface area contributed by atoms with Crippen molar-refractivity contribution in [3.63, 3.8) is 0 Å². The monoisotopic (exact) mass is 419 g/mol. The van der Waals surface area contributed by atoms with E-state index in [0.29, 0.717) is 6.04 Å². The van der Waals surface area contributed by atoms with Crippen LogP contribution in [0.5, 0.6) is 0 Å². The van der Waals surface area contributed by atoms with Crippen molar-refractivity contribution in [2.24, 2.45) is 0 Å². The normalized spacial score (nSPS) is 14.8. The van der Waals surface area contributed by atoms with Gasteiger partial charge in [-0.25, -0.2) is 0 Å². The molecule has 0 atom stereocenters. The molecule has 0 saturated heterocycles. The quantitative estimate of drug-likeness (QED) is 0.459. The van der Waals surface area contributed by atoms with Gasteiger partial charge in [0.25, 0.3) is 0 Å². The first-order valence-corrected chi connectivity index (χ1v) is 11.7. The second-order valence-corrected chi connectivity index (χ2v) is 9.01. The van der Waals surface area contributed by atoms with Gasteiger partial charge < -0.3 is 14.8 Å². The molecule has 4 heteroatoms. The maximum Gasteiger partial charge on any atom is 0.173 e. The Morgan fingerprint density at radius 2 is 1.87 bits per heavy atom. The van der Waals surface area contributed by atoms with E-state index in [1.54, 1.807) is 0 Å². The Bertz CT molecular complexity index is 1030. The van der Waals surface area contributed by atoms with E-state index < -0.39 is 0 Å². The second kappa shape index (κ2) is 9.22. The predicted molar refractivity (Wildman–Crippen MR) is 132 cm³/mol. The minimum atomic E-state index is 0.507. The average Bonchev–Trinajstić information content (AvgIpc) is 3.13. The van der Waals surface area contributed by atoms with E-state index in [9.17, 15) is 0 Å². The Hall–Kier alpha value is -2.33. The Morgan fingerprint density at radius 1 is 1.10 bits per heavy atom. The van der Waals surface area contributed by atoms with E-state index in [0.717, 1.165) is 23.9 Å². The van der Waals surface area contributed by atoms with Gasteiger partial charge in [-0.05, 0) is 74.7 Å². The van der Waals surface area contributed by atoms with E-state index in [1.165, 1.54) is 59.7 Å². The number of hydrogen-bond donors (Lipinski definition) is 1. The molecule has 4 rings (SSSR count). The standard InChI is InChI=1S/C26H33N3S/c1-4-28-17-21(23-12-8-9-13-25(23)28)18-29(22-10-6-5-7-11-22)26(30)27-24-16-19(2)14-15-20(24)3/h8-9,12-17,22H,4-7,10-11,18H2,1-3H3,(H,27,30). The minimum absolute atomic E-state index is 0.507. The third-order valence-electron chi connectivity index (χ3n) is 6.46. The highest BCUT2D eigenvalue weighted by molar-refractivity contribution is 7.80. The molecule has 0 radical (unpaired) electrons. The summed E-state index contributed by atoms with van der Waals surface area (Å²) in [6, 6.07) is 15.8. The minimum Gasteiger partial charge on any atom is -0.347 e. The van der Waals surface area contributed by atoms with Gasteiger partial charge in [-0.15, -0.1) is 0 Å². The van der Waals surface area contributed by atoms with Crippen LogP contribution in [0.4, 0.5) is 5.69 Å². The van der Waals surface area contributed by atoms with Crippen LogP contribution in [-0.2, 0) is 13.1 Å². The van der Waals surface area contributed by atoms with Crippen LogP contribution in [0.15, 0.2) is 48.7 Å². The van der Waals surface area contributed by atoms with Gasteiger partial charge in [0.2, 0.25) is 0 Å². The van der Waals surface area contributed by atoms with Gasteiger partial charge in [-0.2, -0.15) is 0 Å². The highest BCUT2D eigenvalue weighted by atomic mass is 32.1. The summed E-state index contributed by atoms with van der Waals surface area (Å²) in [6.45, 7) is 8.32. The molecule has 1 aromatic heterocycles. The smallest absolute Gasteiger partial charge is 0.173 e. The van der Waals surface area contributed by atoms with E-state index in [2.05, 4.69) is 84.2 Å². The summed E-state index contributed by atoms with van der Waals surface area (Å²) < 4.78 is 2.35. The maximum absolute atomic E-state index is 6.01. The molecule has 158 valence electrons. The number of hydrogen-bond acceptors (Lipinski definition) is 1. The summed E-state index contributed by atoms with van der Waals surface area (Å²) in [4.78, 5) is 2.46. The van der Waals surface area contributed by atoms with Gasteiger partial charge in [0, 0.05) is 41.9 Å². The molecule has 0 unspecified atom stereocenters. The fourth-order valence-electron chi connectivity index (χ4n) is 4.71. The number of aryl methyl sites for hydroxylation is 3. The number of nitrogens with one attached hydrogen (secondary N) is 1. The molecule has 2 aromatic carbocycles. The molecule has 1 N–H and O–H groups in total. The Morgan fingerprint density at radius 3 is 2.63 bits per heavy atom. The molecule has 1 fully saturated rings. The SMILES string of the molecule is CCn1cc(CN(C(=S)Nc2cc(C)ccc2C)C2CCCCC2)c2ccccc21. The third kappa shape index (κ3) is 4.39. The van der Waals surface area contributed by atoms with Crippen molar-refractivity contribution in [1.29, 1.82) is 0 Å². The zero-order valence-electron chi connectivity index (χ0n) is 18.4. The van der Waals surface area contributed by atoms with Crippen LogP contribution in [0.25, 0.3) is 10.9 Å². The van der Waals surface area contributed by atoms with Gasteiger partial charge in [0.05, 0.1) is 0 Å². The first-order valence-electron chi connectivity index (χ1n) is 11.3. The van der Waals surface area contributed by atoms with Crippen molar-refractivity contribution < 1.29 is 0 Å². The van der Waals surface area contributed by atoms with E-state index in [1.807, 2.05) is 0 Å². The van der Waals surface area contributed by atoms with Crippen molar-refractivity contribution in [1.82, 2.24) is 9.47 Å². The van der Waals surface area contributed by atoms with Gasteiger partial charge in [0.15, 0.2) is 5.11 Å². The molecule has 0 amide bonds. The molecule has 0 spiro atoms. The number of para-hydroxylation sites is 1. The van der Waals surface area contributed by atoms with Gasteiger partial charge >= 0.3 is 0 Å². The largest absolute Gasteiger partial charge is 0.347 e. The molecule has 0 bridgehead atoms. The van der Waals surface area contributed by atoms with Gasteiger partial charge in [-0.3, -0.25) is 0 Å². The summed E-state index contributed by atoms with van der Waals surface area (Å²) in [5, 5.41) is 5.78. The number of benzene rings is 2. The fourth-order valence-corrected chi connectivity index (χ4v) is 5.03. The Kier molecular flexibility index (Phi) is 6.43. The summed E-state index contributed by atoms with van der Waals surface area (Å²) in [5.74, 6) is 0. The molecule has 1 heterocycles. The lowest BCUT2D eigenvalue weighted by molar-refractivity contribution is 0.241. The van der Waals surface area contributed by atoms with Crippen molar-refractivity contribution >= 4 is 33.9 Å². The maximum atomic E-state index is 6.01. The summed E-state index contributed by atoms with van der Waals surface area (Å²) >= 11 is 6.01. The van der Waals surface area contributed by atoms with E-state index in [-0.39, 0.29) is 0 Å². The van der Waals surface area contributed by atoms with Crippen LogP contribution in [0.1, 0.15) is 55.7 Å². The molecule has 1 saturated carbocycles. The Balaban J connectivity index is 1.65.